The zero-order chi connectivity index (χ0) is 16.4. The second-order valence-electron chi connectivity index (χ2n) is 5.52. The third-order valence-electron chi connectivity index (χ3n) is 3.98. The molecule has 0 saturated carbocycles. The predicted octanol–water partition coefficient (Wildman–Crippen LogP) is 1.41. The molecule has 1 aliphatic heterocycles. The number of rotatable bonds is 8. The van der Waals surface area contributed by atoms with Gasteiger partial charge < -0.3 is 14.5 Å². The van der Waals surface area contributed by atoms with Gasteiger partial charge in [-0.2, -0.15) is 5.26 Å². The quantitative estimate of drug-likeness (QED) is 0.634. The van der Waals surface area contributed by atoms with Crippen molar-refractivity contribution in [2.24, 2.45) is 5.92 Å². The van der Waals surface area contributed by atoms with Gasteiger partial charge in [0.1, 0.15) is 0 Å². The van der Waals surface area contributed by atoms with Crippen molar-refractivity contribution < 1.29 is 14.3 Å². The van der Waals surface area contributed by atoms with Gasteiger partial charge in [-0.3, -0.25) is 9.59 Å². The molecule has 6 nitrogen and oxygen atoms in total. The molecule has 1 saturated heterocycles. The first-order chi connectivity index (χ1) is 10.6. The maximum Gasteiger partial charge on any atom is 0.307 e. The van der Waals surface area contributed by atoms with Crippen molar-refractivity contribution in [2.45, 2.75) is 39.5 Å². The normalized spacial score (nSPS) is 18.5. The van der Waals surface area contributed by atoms with Crippen LogP contribution < -0.4 is 0 Å². The fraction of sp³-hybridized carbons (Fsp3) is 0.812. The molecule has 0 spiro atoms. The first kappa shape index (κ1) is 18.4. The third kappa shape index (κ3) is 6.02. The molecule has 22 heavy (non-hydrogen) atoms. The molecule has 6 heteroatoms. The van der Waals surface area contributed by atoms with Crippen molar-refractivity contribution in [3.63, 3.8) is 0 Å². The average Bonchev–Trinajstić information content (AvgIpc) is 2.53. The minimum atomic E-state index is -0.256. The first-order valence-corrected chi connectivity index (χ1v) is 8.16. The lowest BCUT2D eigenvalue weighted by molar-refractivity contribution is -0.144. The summed E-state index contributed by atoms with van der Waals surface area (Å²) in [6, 6.07) is 2.15. The molecule has 0 aliphatic carbocycles. The van der Waals surface area contributed by atoms with Crippen LogP contribution in [-0.4, -0.2) is 61.0 Å². The van der Waals surface area contributed by atoms with Crippen LogP contribution in [0.25, 0.3) is 0 Å². The van der Waals surface area contributed by atoms with Crippen LogP contribution in [0.2, 0.25) is 0 Å². The fourth-order valence-corrected chi connectivity index (χ4v) is 2.81. The molecule has 1 rings (SSSR count). The van der Waals surface area contributed by atoms with Crippen molar-refractivity contribution in [3.8, 4) is 6.07 Å². The molecule has 0 radical (unpaired) electrons. The maximum absolute atomic E-state index is 12.6. The van der Waals surface area contributed by atoms with Gasteiger partial charge in [0, 0.05) is 32.6 Å². The fourth-order valence-electron chi connectivity index (χ4n) is 2.81. The van der Waals surface area contributed by atoms with Crippen LogP contribution >= 0.6 is 0 Å². The lowest BCUT2D eigenvalue weighted by atomic mass is 9.96. The SMILES string of the molecule is CCOC(=O)CCN(CC)C(=O)C1CCCN(CCC#N)C1. The van der Waals surface area contributed by atoms with Crippen molar-refractivity contribution in [1.29, 1.82) is 5.26 Å². The number of ether oxygens (including phenoxy) is 1. The van der Waals surface area contributed by atoms with E-state index >= 15 is 0 Å². The predicted molar refractivity (Wildman–Crippen MR) is 82.9 cm³/mol. The number of piperidine rings is 1. The van der Waals surface area contributed by atoms with Gasteiger partial charge in [-0.05, 0) is 33.2 Å². The Hall–Kier alpha value is -1.61. The summed E-state index contributed by atoms with van der Waals surface area (Å²) in [5, 5.41) is 8.67. The van der Waals surface area contributed by atoms with Gasteiger partial charge in [0.25, 0.3) is 0 Å². The summed E-state index contributed by atoms with van der Waals surface area (Å²) >= 11 is 0. The monoisotopic (exact) mass is 309 g/mol. The van der Waals surface area contributed by atoms with E-state index in [0.717, 1.165) is 32.5 Å². The van der Waals surface area contributed by atoms with Crippen LogP contribution in [0, 0.1) is 17.2 Å². The van der Waals surface area contributed by atoms with Crippen LogP contribution in [-0.2, 0) is 14.3 Å². The zero-order valence-corrected chi connectivity index (χ0v) is 13.7. The number of likely N-dealkylation sites (tertiary alicyclic amines) is 1. The summed E-state index contributed by atoms with van der Waals surface area (Å²) in [5.74, 6) is -0.156. The molecule has 0 aromatic heterocycles. The Kier molecular flexibility index (Phi) is 8.53. The minimum absolute atomic E-state index is 0.0189. The summed E-state index contributed by atoms with van der Waals surface area (Å²) in [5.41, 5.74) is 0. The molecular formula is C16H27N3O3. The van der Waals surface area contributed by atoms with Gasteiger partial charge in [0.15, 0.2) is 0 Å². The molecule has 1 aliphatic rings. The van der Waals surface area contributed by atoms with Gasteiger partial charge in [-0.25, -0.2) is 0 Å². The third-order valence-corrected chi connectivity index (χ3v) is 3.98. The van der Waals surface area contributed by atoms with E-state index in [1.54, 1.807) is 11.8 Å². The maximum atomic E-state index is 12.6. The Morgan fingerprint density at radius 1 is 1.41 bits per heavy atom. The number of hydrogen-bond acceptors (Lipinski definition) is 5. The standard InChI is InChI=1S/C16H27N3O3/c1-3-19(12-8-15(20)22-4-2)16(21)14-7-5-10-18(13-14)11-6-9-17/h14H,3-8,10-13H2,1-2H3. The highest BCUT2D eigenvalue weighted by Gasteiger charge is 2.28. The van der Waals surface area contributed by atoms with Crippen molar-refractivity contribution in [1.82, 2.24) is 9.80 Å². The molecule has 1 atom stereocenters. The van der Waals surface area contributed by atoms with Crippen molar-refractivity contribution in [2.75, 3.05) is 39.3 Å². The Morgan fingerprint density at radius 3 is 2.82 bits per heavy atom. The Morgan fingerprint density at radius 2 is 2.18 bits per heavy atom. The summed E-state index contributed by atoms with van der Waals surface area (Å²) in [7, 11) is 0. The topological polar surface area (TPSA) is 73.6 Å². The van der Waals surface area contributed by atoms with Gasteiger partial charge in [-0.15, -0.1) is 0 Å². The second kappa shape index (κ2) is 10.2. The highest BCUT2D eigenvalue weighted by atomic mass is 16.5. The molecule has 0 aromatic carbocycles. The minimum Gasteiger partial charge on any atom is -0.466 e. The molecule has 0 bridgehead atoms. The lowest BCUT2D eigenvalue weighted by Crippen LogP contribution is -2.45. The van der Waals surface area contributed by atoms with Crippen LogP contribution in [0.4, 0.5) is 0 Å². The van der Waals surface area contributed by atoms with Gasteiger partial charge >= 0.3 is 5.97 Å². The van der Waals surface area contributed by atoms with Crippen LogP contribution in [0.5, 0.6) is 0 Å². The molecular weight excluding hydrogens is 282 g/mol. The number of amides is 1. The number of carbonyl (C=O) groups excluding carboxylic acids is 2. The van der Waals surface area contributed by atoms with Gasteiger partial charge in [0.2, 0.25) is 5.91 Å². The Bertz CT molecular complexity index is 406. The van der Waals surface area contributed by atoms with E-state index in [1.165, 1.54) is 0 Å². The van der Waals surface area contributed by atoms with Crippen molar-refractivity contribution >= 4 is 11.9 Å². The van der Waals surface area contributed by atoms with E-state index < -0.39 is 0 Å². The van der Waals surface area contributed by atoms with E-state index in [1.807, 2.05) is 6.92 Å². The highest BCUT2D eigenvalue weighted by molar-refractivity contribution is 5.80. The highest BCUT2D eigenvalue weighted by Crippen LogP contribution is 2.19. The van der Waals surface area contributed by atoms with E-state index in [-0.39, 0.29) is 24.2 Å². The van der Waals surface area contributed by atoms with E-state index in [2.05, 4.69) is 11.0 Å². The average molecular weight is 309 g/mol. The Balaban J connectivity index is 2.48. The van der Waals surface area contributed by atoms with E-state index in [4.69, 9.17) is 10.00 Å². The number of carbonyl (C=O) groups is 2. The molecule has 1 amide bonds. The van der Waals surface area contributed by atoms with Gasteiger partial charge in [0.05, 0.1) is 25.0 Å². The number of hydrogen-bond donors (Lipinski definition) is 0. The smallest absolute Gasteiger partial charge is 0.307 e. The molecule has 1 unspecified atom stereocenters. The van der Waals surface area contributed by atoms with Crippen LogP contribution in [0.1, 0.15) is 39.5 Å². The zero-order valence-electron chi connectivity index (χ0n) is 13.7. The largest absolute Gasteiger partial charge is 0.466 e. The Labute approximate surface area is 133 Å². The summed E-state index contributed by atoms with van der Waals surface area (Å²) in [4.78, 5) is 28.0. The lowest BCUT2D eigenvalue weighted by Gasteiger charge is -2.34. The van der Waals surface area contributed by atoms with Crippen LogP contribution in [0.15, 0.2) is 0 Å². The first-order valence-electron chi connectivity index (χ1n) is 8.16. The van der Waals surface area contributed by atoms with Crippen LogP contribution in [0.3, 0.4) is 0 Å². The summed E-state index contributed by atoms with van der Waals surface area (Å²) in [6.45, 7) is 7.51. The number of nitriles is 1. The molecule has 0 N–H and O–H groups in total. The number of nitrogens with zero attached hydrogens (tertiary/aromatic N) is 3. The van der Waals surface area contributed by atoms with Gasteiger partial charge in [-0.1, -0.05) is 0 Å². The number of esters is 1. The summed E-state index contributed by atoms with van der Waals surface area (Å²) < 4.78 is 4.91. The van der Waals surface area contributed by atoms with E-state index in [0.29, 0.717) is 26.1 Å². The molecule has 1 fully saturated rings. The summed E-state index contributed by atoms with van der Waals surface area (Å²) in [6.07, 6.45) is 2.62. The molecule has 124 valence electrons. The molecule has 0 aromatic rings. The molecule has 1 heterocycles. The second-order valence-corrected chi connectivity index (χ2v) is 5.52. The van der Waals surface area contributed by atoms with Crippen molar-refractivity contribution in [3.05, 3.63) is 0 Å². The van der Waals surface area contributed by atoms with E-state index in [9.17, 15) is 9.59 Å².